The summed E-state index contributed by atoms with van der Waals surface area (Å²) in [5, 5.41) is 0. The van der Waals surface area contributed by atoms with Crippen molar-refractivity contribution in [2.24, 2.45) is 7.05 Å². The third-order valence-corrected chi connectivity index (χ3v) is 2.80. The molecule has 1 heterocycles. The number of hydrogen-bond acceptors (Lipinski definition) is 4. The maximum Gasteiger partial charge on any atom is 0.267 e. The van der Waals surface area contributed by atoms with Gasteiger partial charge in [-0.05, 0) is 0 Å². The number of hydrogen-bond donors (Lipinski definition) is 1. The first kappa shape index (κ1) is 15.3. The number of aromatic nitrogens is 2. The molecule has 0 unspecified atom stereocenters. The molecule has 0 aliphatic heterocycles. The zero-order valence-electron chi connectivity index (χ0n) is 10.3. The average Bonchev–Trinajstić information content (AvgIpc) is 2.65. The summed E-state index contributed by atoms with van der Waals surface area (Å²) in [5.41, 5.74) is 0. The van der Waals surface area contributed by atoms with Crippen LogP contribution in [0.5, 0.6) is 0 Å². The van der Waals surface area contributed by atoms with Crippen LogP contribution in [0.25, 0.3) is 0 Å². The third-order valence-electron chi connectivity index (χ3n) is 1.90. The molecular formula is C9H19N2O4P. The van der Waals surface area contributed by atoms with E-state index in [9.17, 15) is 9.46 Å². The highest BCUT2D eigenvalue weighted by Gasteiger charge is 2.09. The molecule has 0 atom stereocenters. The van der Waals surface area contributed by atoms with Crippen LogP contribution in [0.1, 0.15) is 25.6 Å². The molecule has 16 heavy (non-hydrogen) atoms. The average molecular weight is 250 g/mol. The van der Waals surface area contributed by atoms with Gasteiger partial charge >= 0.3 is 0 Å². The lowest BCUT2D eigenvalue weighted by Crippen LogP contribution is -2.30. The fourth-order valence-electron chi connectivity index (χ4n) is 1.07. The van der Waals surface area contributed by atoms with Crippen molar-refractivity contribution in [2.75, 3.05) is 14.2 Å². The summed E-state index contributed by atoms with van der Waals surface area (Å²) in [6, 6.07) is 0. The van der Waals surface area contributed by atoms with Gasteiger partial charge in [0.1, 0.15) is 12.4 Å². The molecule has 1 rings (SSSR count). The third kappa shape index (κ3) is 5.42. The zero-order chi connectivity index (χ0) is 12.8. The largest absolute Gasteiger partial charge is 0.756 e. The second kappa shape index (κ2) is 6.81. The predicted molar refractivity (Wildman–Crippen MR) is 57.7 cm³/mol. The van der Waals surface area contributed by atoms with E-state index in [0.29, 0.717) is 5.92 Å². The Morgan fingerprint density at radius 1 is 1.44 bits per heavy atom. The molecule has 0 aliphatic rings. The predicted octanol–water partition coefficient (Wildman–Crippen LogP) is 0.710. The Bertz CT molecular complexity index is 343. The van der Waals surface area contributed by atoms with Crippen LogP contribution >= 0.6 is 7.82 Å². The minimum atomic E-state index is -3.90. The Morgan fingerprint density at radius 2 is 1.94 bits per heavy atom. The number of nitrogens with zero attached hydrogens (tertiary/aromatic N) is 1. The summed E-state index contributed by atoms with van der Waals surface area (Å²) in [7, 11) is 0.221. The minimum Gasteiger partial charge on any atom is -0.756 e. The smallest absolute Gasteiger partial charge is 0.267 e. The van der Waals surface area contributed by atoms with Gasteiger partial charge < -0.3 is 13.9 Å². The van der Waals surface area contributed by atoms with Crippen LogP contribution in [0.3, 0.4) is 0 Å². The lowest BCUT2D eigenvalue weighted by atomic mass is 10.2. The Labute approximate surface area is 95.8 Å². The van der Waals surface area contributed by atoms with Crippen molar-refractivity contribution in [3.05, 3.63) is 18.2 Å². The number of aromatic amines is 1. The number of H-pyrrole nitrogens is 1. The fraction of sp³-hybridized carbons (Fsp3) is 0.667. The number of imidazole rings is 1. The molecule has 0 aromatic carbocycles. The summed E-state index contributed by atoms with van der Waals surface area (Å²) in [5.74, 6) is 1.86. The molecule has 0 aliphatic carbocycles. The van der Waals surface area contributed by atoms with Gasteiger partial charge in [-0.15, -0.1) is 0 Å². The Hall–Kier alpha value is -0.680. The molecule has 94 valence electrons. The molecule has 1 aromatic rings. The summed E-state index contributed by atoms with van der Waals surface area (Å²) in [4.78, 5) is 13.1. The molecule has 7 heteroatoms. The van der Waals surface area contributed by atoms with Gasteiger partial charge in [0, 0.05) is 14.2 Å². The highest BCUT2D eigenvalue weighted by Crippen LogP contribution is 2.34. The molecule has 1 N–H and O–H groups in total. The maximum atomic E-state index is 9.95. The Kier molecular flexibility index (Phi) is 6.52. The van der Waals surface area contributed by atoms with Crippen LogP contribution in [0.15, 0.2) is 12.4 Å². The standard InChI is InChI=1S/C7H12N2.C2H7O4P/c1-6(2)7-8-4-5-9(7)3;1-5-7(3,4)6-2/h4-6H,1-3H3;1-2H3,(H,3,4). The van der Waals surface area contributed by atoms with Crippen LogP contribution in [-0.4, -0.2) is 19.2 Å². The summed E-state index contributed by atoms with van der Waals surface area (Å²) >= 11 is 0. The molecule has 0 saturated carbocycles. The van der Waals surface area contributed by atoms with Crippen LogP contribution in [-0.2, 0) is 20.7 Å². The molecule has 1 aromatic heterocycles. The summed E-state index contributed by atoms with van der Waals surface area (Å²) in [6.07, 6.45) is 3.98. The maximum absolute atomic E-state index is 9.95. The Balaban J connectivity index is 0.000000293. The van der Waals surface area contributed by atoms with Gasteiger partial charge in [0.05, 0.1) is 13.0 Å². The van der Waals surface area contributed by atoms with E-state index in [1.807, 2.05) is 19.4 Å². The SMILES string of the molecule is CC(C)c1[nH]cc[n+]1C.COP(=O)([O-])OC. The van der Waals surface area contributed by atoms with Gasteiger partial charge in [-0.3, -0.25) is 4.57 Å². The molecule has 0 radical (unpaired) electrons. The normalized spacial score (nSPS) is 11.2. The van der Waals surface area contributed by atoms with Crippen molar-refractivity contribution in [1.82, 2.24) is 4.98 Å². The van der Waals surface area contributed by atoms with Crippen LogP contribution in [0, 0.1) is 0 Å². The highest BCUT2D eigenvalue weighted by molar-refractivity contribution is 7.45. The van der Waals surface area contributed by atoms with E-state index in [0.717, 1.165) is 14.2 Å². The first-order chi connectivity index (χ1) is 7.34. The van der Waals surface area contributed by atoms with Crippen molar-refractivity contribution in [3.8, 4) is 0 Å². The topological polar surface area (TPSA) is 78.3 Å². The van der Waals surface area contributed by atoms with Crippen molar-refractivity contribution in [3.63, 3.8) is 0 Å². The van der Waals surface area contributed by atoms with Gasteiger partial charge in [-0.1, -0.05) is 13.8 Å². The number of phosphoric ester groups is 1. The molecular weight excluding hydrogens is 231 g/mol. The van der Waals surface area contributed by atoms with Crippen LogP contribution in [0.2, 0.25) is 0 Å². The van der Waals surface area contributed by atoms with Gasteiger partial charge in [-0.25, -0.2) is 9.55 Å². The van der Waals surface area contributed by atoms with E-state index < -0.39 is 7.82 Å². The molecule has 6 nitrogen and oxygen atoms in total. The van der Waals surface area contributed by atoms with Gasteiger partial charge in [0.15, 0.2) is 0 Å². The quantitative estimate of drug-likeness (QED) is 0.633. The first-order valence-electron chi connectivity index (χ1n) is 4.79. The van der Waals surface area contributed by atoms with Crippen molar-refractivity contribution in [1.29, 1.82) is 0 Å². The van der Waals surface area contributed by atoms with Crippen molar-refractivity contribution in [2.45, 2.75) is 19.8 Å². The zero-order valence-corrected chi connectivity index (χ0v) is 11.2. The lowest BCUT2D eigenvalue weighted by molar-refractivity contribution is -0.678. The summed E-state index contributed by atoms with van der Waals surface area (Å²) < 4.78 is 19.8. The van der Waals surface area contributed by atoms with E-state index >= 15 is 0 Å². The highest BCUT2D eigenvalue weighted by atomic mass is 31.2. The lowest BCUT2D eigenvalue weighted by Gasteiger charge is -2.16. The van der Waals surface area contributed by atoms with E-state index in [2.05, 4.69) is 32.4 Å². The number of rotatable bonds is 3. The Morgan fingerprint density at radius 3 is 2.06 bits per heavy atom. The minimum absolute atomic E-state index is 0.588. The van der Waals surface area contributed by atoms with E-state index in [-0.39, 0.29) is 0 Å². The number of phosphoric acid groups is 1. The second-order valence-corrected chi connectivity index (χ2v) is 5.05. The number of nitrogens with one attached hydrogen (secondary N) is 1. The second-order valence-electron chi connectivity index (χ2n) is 3.42. The molecule has 0 saturated heterocycles. The van der Waals surface area contributed by atoms with E-state index in [1.54, 1.807) is 0 Å². The fourth-order valence-corrected chi connectivity index (χ4v) is 1.21. The summed E-state index contributed by atoms with van der Waals surface area (Å²) in [6.45, 7) is 4.34. The van der Waals surface area contributed by atoms with Crippen LogP contribution in [0.4, 0.5) is 0 Å². The van der Waals surface area contributed by atoms with Gasteiger partial charge in [0.25, 0.3) is 13.6 Å². The molecule has 0 fully saturated rings. The van der Waals surface area contributed by atoms with Crippen molar-refractivity contribution >= 4 is 7.82 Å². The van der Waals surface area contributed by atoms with Gasteiger partial charge in [-0.2, -0.15) is 0 Å². The monoisotopic (exact) mass is 250 g/mol. The van der Waals surface area contributed by atoms with E-state index in [1.165, 1.54) is 5.82 Å². The molecule has 0 amide bonds. The van der Waals surface area contributed by atoms with Crippen LogP contribution < -0.4 is 9.46 Å². The van der Waals surface area contributed by atoms with Gasteiger partial charge in [0.2, 0.25) is 0 Å². The number of aryl methyl sites for hydroxylation is 1. The first-order valence-corrected chi connectivity index (χ1v) is 6.25. The van der Waals surface area contributed by atoms with E-state index in [4.69, 9.17) is 0 Å². The molecule has 0 spiro atoms. The molecule has 0 bridgehead atoms. The van der Waals surface area contributed by atoms with Crippen molar-refractivity contribution < 1.29 is 23.1 Å².